The molecule has 0 aliphatic heterocycles. The first-order chi connectivity index (χ1) is 7.75. The molecule has 1 heterocycles. The monoisotopic (exact) mass is 324 g/mol. The lowest BCUT2D eigenvalue weighted by molar-refractivity contribution is 1.11. The van der Waals surface area contributed by atoms with Crippen LogP contribution in [0.1, 0.15) is 11.1 Å². The number of rotatable bonds is 3. The van der Waals surface area contributed by atoms with Gasteiger partial charge in [0, 0.05) is 28.2 Å². The molecule has 0 atom stereocenters. The maximum atomic E-state index is 4.09. The molecular weight excluding hydrogens is 311 g/mol. The fourth-order valence-electron chi connectivity index (χ4n) is 1.53. The third-order valence-electron chi connectivity index (χ3n) is 2.39. The van der Waals surface area contributed by atoms with Crippen molar-refractivity contribution in [3.63, 3.8) is 0 Å². The fourth-order valence-corrected chi connectivity index (χ4v) is 2.17. The molecule has 1 aromatic heterocycles. The van der Waals surface area contributed by atoms with Crippen LogP contribution in [0.15, 0.2) is 42.7 Å². The zero-order valence-corrected chi connectivity index (χ0v) is 11.2. The lowest BCUT2D eigenvalue weighted by Crippen LogP contribution is -2.01. The summed E-state index contributed by atoms with van der Waals surface area (Å²) in [6.45, 7) is 2.93. The SMILES string of the molecule is Cc1cc(I)ccc1NCc1cccnc1. The Balaban J connectivity index is 2.05. The number of halogens is 1. The average molecular weight is 324 g/mol. The summed E-state index contributed by atoms with van der Waals surface area (Å²) in [5, 5.41) is 3.41. The molecule has 0 bridgehead atoms. The Labute approximate surface area is 109 Å². The summed E-state index contributed by atoms with van der Waals surface area (Å²) in [7, 11) is 0. The van der Waals surface area contributed by atoms with Crippen LogP contribution in [0.25, 0.3) is 0 Å². The quantitative estimate of drug-likeness (QED) is 0.873. The van der Waals surface area contributed by atoms with Crippen molar-refractivity contribution in [2.45, 2.75) is 13.5 Å². The van der Waals surface area contributed by atoms with Gasteiger partial charge in [-0.25, -0.2) is 0 Å². The molecule has 1 aromatic carbocycles. The second-order valence-electron chi connectivity index (χ2n) is 3.67. The van der Waals surface area contributed by atoms with E-state index in [0.29, 0.717) is 0 Å². The molecule has 82 valence electrons. The molecular formula is C13H13IN2. The van der Waals surface area contributed by atoms with E-state index < -0.39 is 0 Å². The molecule has 1 N–H and O–H groups in total. The number of aryl methyl sites for hydroxylation is 1. The highest BCUT2D eigenvalue weighted by molar-refractivity contribution is 14.1. The van der Waals surface area contributed by atoms with E-state index >= 15 is 0 Å². The summed E-state index contributed by atoms with van der Waals surface area (Å²) in [6, 6.07) is 10.4. The van der Waals surface area contributed by atoms with Gasteiger partial charge >= 0.3 is 0 Å². The fraction of sp³-hybridized carbons (Fsp3) is 0.154. The summed E-state index contributed by atoms with van der Waals surface area (Å²) >= 11 is 2.32. The first kappa shape index (κ1) is 11.4. The Kier molecular flexibility index (Phi) is 3.77. The molecule has 0 aliphatic rings. The van der Waals surface area contributed by atoms with E-state index in [0.717, 1.165) is 6.54 Å². The average Bonchev–Trinajstić information content (AvgIpc) is 2.29. The standard InChI is InChI=1S/C13H13IN2/c1-10-7-12(14)4-5-13(10)16-9-11-3-2-6-15-8-11/h2-8,16H,9H2,1H3. The minimum Gasteiger partial charge on any atom is -0.381 e. The van der Waals surface area contributed by atoms with Gasteiger partial charge in [0.2, 0.25) is 0 Å². The van der Waals surface area contributed by atoms with Gasteiger partial charge in [0.25, 0.3) is 0 Å². The van der Waals surface area contributed by atoms with Crippen molar-refractivity contribution in [2.24, 2.45) is 0 Å². The number of anilines is 1. The van der Waals surface area contributed by atoms with Crippen LogP contribution in [0.5, 0.6) is 0 Å². The number of aromatic nitrogens is 1. The molecule has 0 amide bonds. The van der Waals surface area contributed by atoms with E-state index in [1.807, 2.05) is 12.3 Å². The van der Waals surface area contributed by atoms with Crippen LogP contribution < -0.4 is 5.32 Å². The highest BCUT2D eigenvalue weighted by Gasteiger charge is 1.98. The van der Waals surface area contributed by atoms with Crippen molar-refractivity contribution >= 4 is 28.3 Å². The number of hydrogen-bond acceptors (Lipinski definition) is 2. The highest BCUT2D eigenvalue weighted by Crippen LogP contribution is 2.18. The largest absolute Gasteiger partial charge is 0.381 e. The molecule has 0 spiro atoms. The van der Waals surface area contributed by atoms with Crippen LogP contribution in [-0.4, -0.2) is 4.98 Å². The molecule has 2 aromatic rings. The van der Waals surface area contributed by atoms with Crippen molar-refractivity contribution < 1.29 is 0 Å². The minimum absolute atomic E-state index is 0.815. The van der Waals surface area contributed by atoms with Gasteiger partial charge in [0.1, 0.15) is 0 Å². The summed E-state index contributed by atoms with van der Waals surface area (Å²) < 4.78 is 1.27. The highest BCUT2D eigenvalue weighted by atomic mass is 127. The lowest BCUT2D eigenvalue weighted by atomic mass is 10.2. The maximum Gasteiger partial charge on any atom is 0.0416 e. The van der Waals surface area contributed by atoms with E-state index in [1.165, 1.54) is 20.4 Å². The van der Waals surface area contributed by atoms with Gasteiger partial charge in [-0.15, -0.1) is 0 Å². The van der Waals surface area contributed by atoms with Crippen molar-refractivity contribution in [2.75, 3.05) is 5.32 Å². The Morgan fingerprint density at radius 3 is 2.88 bits per heavy atom. The molecule has 0 saturated carbocycles. The molecule has 0 radical (unpaired) electrons. The summed E-state index contributed by atoms with van der Waals surface area (Å²) in [6.07, 6.45) is 3.68. The second-order valence-corrected chi connectivity index (χ2v) is 4.92. The Bertz CT molecular complexity index is 469. The van der Waals surface area contributed by atoms with Crippen LogP contribution in [0.4, 0.5) is 5.69 Å². The van der Waals surface area contributed by atoms with Crippen LogP contribution in [-0.2, 0) is 6.54 Å². The van der Waals surface area contributed by atoms with E-state index in [4.69, 9.17) is 0 Å². The van der Waals surface area contributed by atoms with E-state index in [1.54, 1.807) is 6.20 Å². The zero-order chi connectivity index (χ0) is 11.4. The smallest absolute Gasteiger partial charge is 0.0416 e. The van der Waals surface area contributed by atoms with E-state index in [-0.39, 0.29) is 0 Å². The normalized spacial score (nSPS) is 10.1. The molecule has 16 heavy (non-hydrogen) atoms. The lowest BCUT2D eigenvalue weighted by Gasteiger charge is -2.09. The summed E-state index contributed by atoms with van der Waals surface area (Å²) in [5.41, 5.74) is 3.65. The number of nitrogens with one attached hydrogen (secondary N) is 1. The van der Waals surface area contributed by atoms with Gasteiger partial charge < -0.3 is 5.32 Å². The third kappa shape index (κ3) is 2.95. The summed E-state index contributed by atoms with van der Waals surface area (Å²) in [5.74, 6) is 0. The van der Waals surface area contributed by atoms with Crippen molar-refractivity contribution in [1.82, 2.24) is 4.98 Å². The number of benzene rings is 1. The van der Waals surface area contributed by atoms with Gasteiger partial charge in [-0.3, -0.25) is 4.98 Å². The first-order valence-corrected chi connectivity index (χ1v) is 6.22. The predicted octanol–water partition coefficient (Wildman–Crippen LogP) is 3.61. The third-order valence-corrected chi connectivity index (χ3v) is 3.07. The molecule has 0 saturated heterocycles. The maximum absolute atomic E-state index is 4.09. The predicted molar refractivity (Wildman–Crippen MR) is 75.5 cm³/mol. The number of nitrogens with zero attached hydrogens (tertiary/aromatic N) is 1. The molecule has 2 nitrogen and oxygen atoms in total. The number of pyridine rings is 1. The molecule has 0 unspecified atom stereocenters. The summed E-state index contributed by atoms with van der Waals surface area (Å²) in [4.78, 5) is 4.09. The van der Waals surface area contributed by atoms with Gasteiger partial charge in [-0.2, -0.15) is 0 Å². The topological polar surface area (TPSA) is 24.9 Å². The Morgan fingerprint density at radius 1 is 1.31 bits per heavy atom. The van der Waals surface area contributed by atoms with Crippen molar-refractivity contribution in [3.05, 3.63) is 57.4 Å². The van der Waals surface area contributed by atoms with Gasteiger partial charge in [0.05, 0.1) is 0 Å². The van der Waals surface area contributed by atoms with Crippen LogP contribution in [0, 0.1) is 10.5 Å². The Hall–Kier alpha value is -1.10. The van der Waals surface area contributed by atoms with Crippen LogP contribution >= 0.6 is 22.6 Å². The second kappa shape index (κ2) is 5.30. The first-order valence-electron chi connectivity index (χ1n) is 5.14. The van der Waals surface area contributed by atoms with Crippen LogP contribution in [0.2, 0.25) is 0 Å². The van der Waals surface area contributed by atoms with Gasteiger partial charge in [-0.05, 0) is 64.9 Å². The van der Waals surface area contributed by atoms with Crippen LogP contribution in [0.3, 0.4) is 0 Å². The number of hydrogen-bond donors (Lipinski definition) is 1. The zero-order valence-electron chi connectivity index (χ0n) is 9.07. The molecule has 0 fully saturated rings. The van der Waals surface area contributed by atoms with Crippen molar-refractivity contribution in [3.8, 4) is 0 Å². The van der Waals surface area contributed by atoms with Gasteiger partial charge in [-0.1, -0.05) is 6.07 Å². The van der Waals surface area contributed by atoms with E-state index in [2.05, 4.69) is 64.1 Å². The minimum atomic E-state index is 0.815. The Morgan fingerprint density at radius 2 is 2.19 bits per heavy atom. The van der Waals surface area contributed by atoms with Crippen molar-refractivity contribution in [1.29, 1.82) is 0 Å². The van der Waals surface area contributed by atoms with Gasteiger partial charge in [0.15, 0.2) is 0 Å². The van der Waals surface area contributed by atoms with E-state index in [9.17, 15) is 0 Å². The molecule has 2 rings (SSSR count). The molecule has 3 heteroatoms. The molecule has 0 aliphatic carbocycles.